The maximum absolute atomic E-state index is 9.22. The SMILES string of the molecule is N[C@H]1COc2cc(O)c(Cl)cc21. The summed E-state index contributed by atoms with van der Waals surface area (Å²) in [4.78, 5) is 0. The molecule has 1 aromatic rings. The normalized spacial score (nSPS) is 20.3. The highest BCUT2D eigenvalue weighted by molar-refractivity contribution is 6.32. The third-order valence-corrected chi connectivity index (χ3v) is 2.20. The van der Waals surface area contributed by atoms with Gasteiger partial charge in [-0.15, -0.1) is 0 Å². The number of ether oxygens (including phenoxy) is 1. The Balaban J connectivity index is 2.56. The molecule has 0 fully saturated rings. The first kappa shape index (κ1) is 7.71. The van der Waals surface area contributed by atoms with Crippen LogP contribution < -0.4 is 10.5 Å². The monoisotopic (exact) mass is 185 g/mol. The molecule has 0 saturated heterocycles. The number of halogens is 1. The van der Waals surface area contributed by atoms with Crippen LogP contribution in [-0.4, -0.2) is 11.7 Å². The van der Waals surface area contributed by atoms with Crippen molar-refractivity contribution in [3.8, 4) is 11.5 Å². The van der Waals surface area contributed by atoms with Crippen LogP contribution in [0, 0.1) is 0 Å². The molecular weight excluding hydrogens is 178 g/mol. The molecule has 4 heteroatoms. The van der Waals surface area contributed by atoms with E-state index in [4.69, 9.17) is 22.1 Å². The van der Waals surface area contributed by atoms with E-state index in [9.17, 15) is 5.11 Å². The first-order valence-electron chi connectivity index (χ1n) is 3.59. The van der Waals surface area contributed by atoms with E-state index in [1.54, 1.807) is 6.07 Å². The lowest BCUT2D eigenvalue weighted by Crippen LogP contribution is -2.10. The zero-order valence-electron chi connectivity index (χ0n) is 6.25. The van der Waals surface area contributed by atoms with Gasteiger partial charge in [0.2, 0.25) is 0 Å². The standard InChI is InChI=1S/C8H8ClNO2/c9-5-1-4-6(10)3-12-8(4)2-7(5)11/h1-2,6,11H,3,10H2/t6-/m0/s1. The number of benzene rings is 1. The van der Waals surface area contributed by atoms with Crippen LogP contribution in [0.2, 0.25) is 5.02 Å². The van der Waals surface area contributed by atoms with Gasteiger partial charge in [0.15, 0.2) is 0 Å². The number of nitrogens with two attached hydrogens (primary N) is 1. The predicted molar refractivity (Wildman–Crippen MR) is 45.5 cm³/mol. The molecular formula is C8H8ClNO2. The number of phenolic OH excluding ortho intramolecular Hbond substituents is 1. The second-order valence-electron chi connectivity index (χ2n) is 2.76. The Labute approximate surface area is 74.7 Å². The topological polar surface area (TPSA) is 55.5 Å². The molecule has 0 aromatic heterocycles. The largest absolute Gasteiger partial charge is 0.506 e. The lowest BCUT2D eigenvalue weighted by atomic mass is 10.1. The third kappa shape index (κ3) is 1.02. The molecule has 64 valence electrons. The zero-order valence-corrected chi connectivity index (χ0v) is 7.01. The summed E-state index contributed by atoms with van der Waals surface area (Å²) in [7, 11) is 0. The first-order valence-corrected chi connectivity index (χ1v) is 3.97. The van der Waals surface area contributed by atoms with Gasteiger partial charge in [0.1, 0.15) is 18.1 Å². The summed E-state index contributed by atoms with van der Waals surface area (Å²) in [6.07, 6.45) is 0. The van der Waals surface area contributed by atoms with E-state index in [2.05, 4.69) is 0 Å². The highest BCUT2D eigenvalue weighted by Crippen LogP contribution is 2.37. The average molecular weight is 186 g/mol. The van der Waals surface area contributed by atoms with Crippen LogP contribution in [0.3, 0.4) is 0 Å². The van der Waals surface area contributed by atoms with Gasteiger partial charge in [-0.05, 0) is 6.07 Å². The smallest absolute Gasteiger partial charge is 0.137 e. The van der Waals surface area contributed by atoms with Crippen molar-refractivity contribution in [1.29, 1.82) is 0 Å². The maximum atomic E-state index is 9.22. The lowest BCUT2D eigenvalue weighted by Gasteiger charge is -2.02. The molecule has 0 amide bonds. The summed E-state index contributed by atoms with van der Waals surface area (Å²) >= 11 is 5.70. The summed E-state index contributed by atoms with van der Waals surface area (Å²) in [6, 6.07) is 3.01. The van der Waals surface area contributed by atoms with Crippen molar-refractivity contribution >= 4 is 11.6 Å². The van der Waals surface area contributed by atoms with Crippen molar-refractivity contribution in [3.05, 3.63) is 22.7 Å². The Morgan fingerprint density at radius 3 is 3.08 bits per heavy atom. The van der Waals surface area contributed by atoms with Crippen molar-refractivity contribution in [1.82, 2.24) is 0 Å². The van der Waals surface area contributed by atoms with Crippen molar-refractivity contribution in [2.75, 3.05) is 6.61 Å². The van der Waals surface area contributed by atoms with Gasteiger partial charge in [-0.3, -0.25) is 0 Å². The average Bonchev–Trinajstić information content (AvgIpc) is 2.35. The van der Waals surface area contributed by atoms with Crippen molar-refractivity contribution in [2.24, 2.45) is 5.73 Å². The van der Waals surface area contributed by atoms with Crippen molar-refractivity contribution in [2.45, 2.75) is 6.04 Å². The molecule has 0 spiro atoms. The van der Waals surface area contributed by atoms with Crippen LogP contribution in [-0.2, 0) is 0 Å². The summed E-state index contributed by atoms with van der Waals surface area (Å²) < 4.78 is 5.20. The molecule has 2 rings (SSSR count). The van der Waals surface area contributed by atoms with E-state index in [1.165, 1.54) is 6.07 Å². The fourth-order valence-corrected chi connectivity index (χ4v) is 1.41. The minimum atomic E-state index is -0.127. The second-order valence-corrected chi connectivity index (χ2v) is 3.17. The molecule has 0 bridgehead atoms. The fourth-order valence-electron chi connectivity index (χ4n) is 1.24. The van der Waals surface area contributed by atoms with E-state index < -0.39 is 0 Å². The van der Waals surface area contributed by atoms with Crippen molar-refractivity contribution in [3.63, 3.8) is 0 Å². The predicted octanol–water partition coefficient (Wildman–Crippen LogP) is 1.44. The zero-order chi connectivity index (χ0) is 8.72. The highest BCUT2D eigenvalue weighted by Gasteiger charge is 2.22. The van der Waals surface area contributed by atoms with Crippen LogP contribution >= 0.6 is 11.6 Å². The first-order chi connectivity index (χ1) is 5.68. The number of aromatic hydroxyl groups is 1. The number of hydrogen-bond acceptors (Lipinski definition) is 3. The molecule has 3 N–H and O–H groups in total. The Bertz CT molecular complexity index is 327. The van der Waals surface area contributed by atoms with Crippen LogP contribution in [0.15, 0.2) is 12.1 Å². The Morgan fingerprint density at radius 2 is 2.33 bits per heavy atom. The van der Waals surface area contributed by atoms with Crippen molar-refractivity contribution < 1.29 is 9.84 Å². The second kappa shape index (κ2) is 2.54. The molecule has 1 heterocycles. The van der Waals surface area contributed by atoms with Gasteiger partial charge < -0.3 is 15.6 Å². The molecule has 0 radical (unpaired) electrons. The van der Waals surface area contributed by atoms with Crippen LogP contribution in [0.5, 0.6) is 11.5 Å². The van der Waals surface area contributed by atoms with Crippen LogP contribution in [0.1, 0.15) is 11.6 Å². The van der Waals surface area contributed by atoms with E-state index in [-0.39, 0.29) is 11.8 Å². The van der Waals surface area contributed by atoms with Gasteiger partial charge >= 0.3 is 0 Å². The molecule has 0 aliphatic carbocycles. The third-order valence-electron chi connectivity index (χ3n) is 1.90. The maximum Gasteiger partial charge on any atom is 0.137 e. The summed E-state index contributed by atoms with van der Waals surface area (Å²) in [5.41, 5.74) is 6.56. The minimum absolute atomic E-state index is 0.0320. The van der Waals surface area contributed by atoms with Gasteiger partial charge in [-0.2, -0.15) is 0 Å². The Kier molecular flexibility index (Phi) is 1.63. The van der Waals surface area contributed by atoms with Crippen LogP contribution in [0.25, 0.3) is 0 Å². The van der Waals surface area contributed by atoms with Gasteiger partial charge in [0.25, 0.3) is 0 Å². The molecule has 0 unspecified atom stereocenters. The van der Waals surface area contributed by atoms with E-state index in [0.29, 0.717) is 17.4 Å². The molecule has 12 heavy (non-hydrogen) atoms. The molecule has 1 aromatic carbocycles. The number of rotatable bonds is 0. The number of fused-ring (bicyclic) bond motifs is 1. The van der Waals surface area contributed by atoms with Gasteiger partial charge in [-0.25, -0.2) is 0 Å². The molecule has 1 aliphatic heterocycles. The van der Waals surface area contributed by atoms with E-state index in [0.717, 1.165) is 5.56 Å². The quantitative estimate of drug-likeness (QED) is 0.643. The van der Waals surface area contributed by atoms with Gasteiger partial charge in [-0.1, -0.05) is 11.6 Å². The van der Waals surface area contributed by atoms with Crippen LogP contribution in [0.4, 0.5) is 0 Å². The van der Waals surface area contributed by atoms with Gasteiger partial charge in [0.05, 0.1) is 11.1 Å². The molecule has 1 atom stereocenters. The van der Waals surface area contributed by atoms with Gasteiger partial charge in [0, 0.05) is 11.6 Å². The molecule has 1 aliphatic rings. The Hall–Kier alpha value is -0.930. The summed E-state index contributed by atoms with van der Waals surface area (Å²) in [5.74, 6) is 0.661. The summed E-state index contributed by atoms with van der Waals surface area (Å²) in [6.45, 7) is 0.453. The number of phenols is 1. The number of hydrogen-bond donors (Lipinski definition) is 2. The molecule has 0 saturated carbocycles. The lowest BCUT2D eigenvalue weighted by molar-refractivity contribution is 0.332. The summed E-state index contributed by atoms with van der Waals surface area (Å²) in [5, 5.41) is 9.53. The minimum Gasteiger partial charge on any atom is -0.506 e. The van der Waals surface area contributed by atoms with E-state index >= 15 is 0 Å². The Morgan fingerprint density at radius 1 is 1.58 bits per heavy atom. The molecule has 3 nitrogen and oxygen atoms in total. The highest BCUT2D eigenvalue weighted by atomic mass is 35.5. The fraction of sp³-hybridized carbons (Fsp3) is 0.250. The van der Waals surface area contributed by atoms with E-state index in [1.807, 2.05) is 0 Å².